The van der Waals surface area contributed by atoms with Gasteiger partial charge in [-0.15, -0.1) is 0 Å². The molecule has 0 aliphatic carbocycles. The van der Waals surface area contributed by atoms with Gasteiger partial charge in [0.05, 0.1) is 5.56 Å². The van der Waals surface area contributed by atoms with Gasteiger partial charge in [-0.3, -0.25) is 4.79 Å². The molecule has 3 nitrogen and oxygen atoms in total. The van der Waals surface area contributed by atoms with Crippen LogP contribution in [0.15, 0.2) is 18.3 Å². The zero-order valence-corrected chi connectivity index (χ0v) is 10.1. The minimum atomic E-state index is -0.709. The first-order valence-electron chi connectivity index (χ1n) is 5.38. The van der Waals surface area contributed by atoms with Gasteiger partial charge in [-0.1, -0.05) is 0 Å². The predicted octanol–water partition coefficient (Wildman–Crippen LogP) is 2.48. The molecule has 0 saturated carbocycles. The Morgan fingerprint density at radius 2 is 1.88 bits per heavy atom. The zero-order chi connectivity index (χ0) is 12.3. The van der Waals surface area contributed by atoms with Crippen LogP contribution in [0.3, 0.4) is 0 Å². The molecule has 1 aromatic rings. The predicted molar refractivity (Wildman–Crippen MR) is 60.6 cm³/mol. The van der Waals surface area contributed by atoms with Crippen LogP contribution in [0.4, 0.5) is 4.39 Å². The van der Waals surface area contributed by atoms with Crippen molar-refractivity contribution >= 4 is 5.91 Å². The fourth-order valence-electron chi connectivity index (χ4n) is 1.75. The standard InChI is InChI=1S/C12H17FN2O/c1-8(2)15(9(3)4)12(16)10-6-5-7-14-11(10)13/h5-9H,1-4H3. The lowest BCUT2D eigenvalue weighted by atomic mass is 10.1. The highest BCUT2D eigenvalue weighted by Crippen LogP contribution is 2.13. The first-order chi connectivity index (χ1) is 7.45. The summed E-state index contributed by atoms with van der Waals surface area (Å²) in [4.78, 5) is 17.2. The summed E-state index contributed by atoms with van der Waals surface area (Å²) in [7, 11) is 0. The number of pyridine rings is 1. The average Bonchev–Trinajstić information content (AvgIpc) is 2.16. The molecule has 0 spiro atoms. The lowest BCUT2D eigenvalue weighted by molar-refractivity contribution is 0.0638. The van der Waals surface area contributed by atoms with Crippen LogP contribution in [0.5, 0.6) is 0 Å². The summed E-state index contributed by atoms with van der Waals surface area (Å²) >= 11 is 0. The number of nitrogens with zero attached hydrogens (tertiary/aromatic N) is 2. The van der Waals surface area contributed by atoms with Crippen molar-refractivity contribution in [1.82, 2.24) is 9.88 Å². The number of amides is 1. The third kappa shape index (κ3) is 2.56. The maximum absolute atomic E-state index is 13.4. The molecule has 16 heavy (non-hydrogen) atoms. The van der Waals surface area contributed by atoms with E-state index in [1.807, 2.05) is 27.7 Å². The molecule has 4 heteroatoms. The number of carbonyl (C=O) groups is 1. The summed E-state index contributed by atoms with van der Waals surface area (Å²) in [6, 6.07) is 3.09. The summed E-state index contributed by atoms with van der Waals surface area (Å²) in [6.45, 7) is 7.64. The van der Waals surface area contributed by atoms with E-state index in [1.165, 1.54) is 12.3 Å². The molecule has 0 fully saturated rings. The topological polar surface area (TPSA) is 33.2 Å². The van der Waals surface area contributed by atoms with E-state index < -0.39 is 5.95 Å². The van der Waals surface area contributed by atoms with E-state index in [-0.39, 0.29) is 23.6 Å². The summed E-state index contributed by atoms with van der Waals surface area (Å²) in [5, 5.41) is 0. The van der Waals surface area contributed by atoms with Crippen LogP contribution in [-0.4, -0.2) is 27.9 Å². The van der Waals surface area contributed by atoms with E-state index in [4.69, 9.17) is 0 Å². The Morgan fingerprint density at radius 1 is 1.31 bits per heavy atom. The van der Waals surface area contributed by atoms with Gasteiger partial charge >= 0.3 is 0 Å². The Hall–Kier alpha value is -1.45. The molecule has 88 valence electrons. The number of aromatic nitrogens is 1. The number of rotatable bonds is 3. The van der Waals surface area contributed by atoms with Crippen molar-refractivity contribution in [1.29, 1.82) is 0 Å². The first-order valence-corrected chi connectivity index (χ1v) is 5.38. The normalized spacial score (nSPS) is 10.9. The molecule has 1 heterocycles. The Labute approximate surface area is 95.3 Å². The van der Waals surface area contributed by atoms with Crippen LogP contribution in [0.2, 0.25) is 0 Å². The van der Waals surface area contributed by atoms with Crippen molar-refractivity contribution in [3.63, 3.8) is 0 Å². The van der Waals surface area contributed by atoms with Crippen molar-refractivity contribution in [2.75, 3.05) is 0 Å². The zero-order valence-electron chi connectivity index (χ0n) is 10.1. The van der Waals surface area contributed by atoms with Gasteiger partial charge in [0.25, 0.3) is 5.91 Å². The van der Waals surface area contributed by atoms with Gasteiger partial charge in [0.1, 0.15) is 0 Å². The fourth-order valence-corrected chi connectivity index (χ4v) is 1.75. The highest BCUT2D eigenvalue weighted by Gasteiger charge is 2.24. The van der Waals surface area contributed by atoms with E-state index in [0.717, 1.165) is 0 Å². The van der Waals surface area contributed by atoms with Gasteiger partial charge in [0, 0.05) is 18.3 Å². The van der Waals surface area contributed by atoms with Crippen molar-refractivity contribution in [2.24, 2.45) is 0 Å². The van der Waals surface area contributed by atoms with Crippen LogP contribution in [0.25, 0.3) is 0 Å². The van der Waals surface area contributed by atoms with Crippen LogP contribution in [-0.2, 0) is 0 Å². The molecule has 0 aromatic carbocycles. The van der Waals surface area contributed by atoms with Crippen molar-refractivity contribution in [2.45, 2.75) is 39.8 Å². The highest BCUT2D eigenvalue weighted by molar-refractivity contribution is 5.94. The molecule has 0 radical (unpaired) electrons. The Kier molecular flexibility index (Phi) is 3.99. The molecular formula is C12H17FN2O. The first kappa shape index (κ1) is 12.6. The van der Waals surface area contributed by atoms with Crippen molar-refractivity contribution in [3.05, 3.63) is 29.8 Å². The molecule has 0 saturated heterocycles. The van der Waals surface area contributed by atoms with E-state index in [2.05, 4.69) is 4.98 Å². The molecule has 0 N–H and O–H groups in total. The van der Waals surface area contributed by atoms with E-state index in [0.29, 0.717) is 0 Å². The second-order valence-electron chi connectivity index (χ2n) is 4.24. The van der Waals surface area contributed by atoms with Gasteiger partial charge in [-0.25, -0.2) is 4.98 Å². The maximum Gasteiger partial charge on any atom is 0.258 e. The van der Waals surface area contributed by atoms with Gasteiger partial charge in [-0.2, -0.15) is 4.39 Å². The van der Waals surface area contributed by atoms with E-state index in [9.17, 15) is 9.18 Å². The molecule has 1 rings (SSSR count). The van der Waals surface area contributed by atoms with Crippen LogP contribution < -0.4 is 0 Å². The summed E-state index contributed by atoms with van der Waals surface area (Å²) in [6.07, 6.45) is 1.33. The summed E-state index contributed by atoms with van der Waals surface area (Å²) in [5.74, 6) is -1.02. The Bertz CT molecular complexity index is 369. The number of halogens is 1. The minimum absolute atomic E-state index is 0.0323. The minimum Gasteiger partial charge on any atom is -0.334 e. The molecule has 1 aromatic heterocycles. The molecule has 1 amide bonds. The second kappa shape index (κ2) is 5.05. The monoisotopic (exact) mass is 224 g/mol. The molecule has 0 atom stereocenters. The Morgan fingerprint density at radius 3 is 2.31 bits per heavy atom. The van der Waals surface area contributed by atoms with Gasteiger partial charge < -0.3 is 4.90 Å². The van der Waals surface area contributed by atoms with Crippen LogP contribution in [0, 0.1) is 5.95 Å². The summed E-state index contributed by atoms with van der Waals surface area (Å²) < 4.78 is 13.4. The van der Waals surface area contributed by atoms with Crippen LogP contribution in [0.1, 0.15) is 38.1 Å². The van der Waals surface area contributed by atoms with Gasteiger partial charge in [-0.05, 0) is 39.8 Å². The second-order valence-corrected chi connectivity index (χ2v) is 4.24. The van der Waals surface area contributed by atoms with Crippen LogP contribution >= 0.6 is 0 Å². The number of hydrogen-bond acceptors (Lipinski definition) is 2. The van der Waals surface area contributed by atoms with Crippen molar-refractivity contribution in [3.8, 4) is 0 Å². The lowest BCUT2D eigenvalue weighted by Gasteiger charge is -2.30. The lowest BCUT2D eigenvalue weighted by Crippen LogP contribution is -2.42. The fraction of sp³-hybridized carbons (Fsp3) is 0.500. The van der Waals surface area contributed by atoms with Crippen molar-refractivity contribution < 1.29 is 9.18 Å². The molecule has 0 unspecified atom stereocenters. The van der Waals surface area contributed by atoms with E-state index in [1.54, 1.807) is 11.0 Å². The Balaban J connectivity index is 3.05. The highest BCUT2D eigenvalue weighted by atomic mass is 19.1. The SMILES string of the molecule is CC(C)N(C(=O)c1cccnc1F)C(C)C. The average molecular weight is 224 g/mol. The largest absolute Gasteiger partial charge is 0.334 e. The quantitative estimate of drug-likeness (QED) is 0.739. The smallest absolute Gasteiger partial charge is 0.258 e. The molecule has 0 aliphatic rings. The van der Waals surface area contributed by atoms with E-state index >= 15 is 0 Å². The molecule has 0 bridgehead atoms. The number of carbonyl (C=O) groups excluding carboxylic acids is 1. The van der Waals surface area contributed by atoms with Gasteiger partial charge in [0.2, 0.25) is 5.95 Å². The molecule has 0 aliphatic heterocycles. The third-order valence-electron chi connectivity index (χ3n) is 2.34. The third-order valence-corrected chi connectivity index (χ3v) is 2.34. The number of hydrogen-bond donors (Lipinski definition) is 0. The summed E-state index contributed by atoms with van der Waals surface area (Å²) in [5.41, 5.74) is 0.0323. The van der Waals surface area contributed by atoms with Gasteiger partial charge in [0.15, 0.2) is 0 Å². The molecular weight excluding hydrogens is 207 g/mol. The maximum atomic E-state index is 13.4.